The smallest absolute Gasteiger partial charge is 0.430 e. The van der Waals surface area contributed by atoms with E-state index in [1.54, 1.807) is 36.2 Å². The minimum atomic E-state index is -4.85. The molecule has 4 N–H and O–H groups in total. The monoisotopic (exact) mass is 660 g/mol. The Hall–Kier alpha value is -4.49. The number of nitrogens with one attached hydrogen (secondary N) is 3. The number of hydrogen-bond donors (Lipinski definition) is 4. The van der Waals surface area contributed by atoms with E-state index < -0.39 is 41.3 Å². The molecule has 14 heteroatoms. The summed E-state index contributed by atoms with van der Waals surface area (Å²) in [5, 5.41) is 29.1. The van der Waals surface area contributed by atoms with Crippen molar-refractivity contribution in [3.8, 4) is 5.75 Å². The lowest BCUT2D eigenvalue weighted by Gasteiger charge is -2.27. The summed E-state index contributed by atoms with van der Waals surface area (Å²) in [5.74, 6) is -6.30. The molecule has 1 heterocycles. The normalized spacial score (nSPS) is 22.3. The number of benzene rings is 1. The van der Waals surface area contributed by atoms with Gasteiger partial charge in [-0.3, -0.25) is 14.6 Å². The molecule has 0 saturated heterocycles. The first-order valence-corrected chi connectivity index (χ1v) is 15.1. The Bertz CT molecular complexity index is 1620. The lowest BCUT2D eigenvalue weighted by Crippen LogP contribution is -2.35. The Morgan fingerprint density at radius 1 is 1.21 bits per heavy atom. The second kappa shape index (κ2) is 13.7. The standard InChI is InChI=1S/C33H37F5N6O3/c1-17-11-20(39)12-24(31(47)42-19(3)33(36,37)38)29(17)22-14-23(22)30(46)26(43-25-7-5-6-8-27(25)45)13-21(40)16-44-10-9-28(32(4,34)35)41-15-18(44)2/h5-8,15,17,22-23,39-40,45H,3,9-14,16H2,1-2,4H3,(H,42,47). The molecule has 2 aliphatic carbocycles. The Morgan fingerprint density at radius 3 is 2.53 bits per heavy atom. The highest BCUT2D eigenvalue weighted by Gasteiger charge is 2.50. The van der Waals surface area contributed by atoms with E-state index in [4.69, 9.17) is 10.8 Å². The maximum absolute atomic E-state index is 14.0. The third-order valence-electron chi connectivity index (χ3n) is 8.44. The summed E-state index contributed by atoms with van der Waals surface area (Å²) >= 11 is 0. The number of ketones is 1. The first kappa shape index (κ1) is 35.4. The molecule has 1 aromatic rings. The predicted molar refractivity (Wildman–Crippen MR) is 169 cm³/mol. The Kier molecular flexibility index (Phi) is 10.3. The molecule has 1 aliphatic heterocycles. The van der Waals surface area contributed by atoms with Gasteiger partial charge in [0.2, 0.25) is 0 Å². The van der Waals surface area contributed by atoms with Gasteiger partial charge in [0, 0.05) is 67.5 Å². The summed E-state index contributed by atoms with van der Waals surface area (Å²) in [4.78, 5) is 37.0. The first-order chi connectivity index (χ1) is 21.9. The maximum Gasteiger partial charge on any atom is 0.430 e. The number of rotatable bonds is 11. The summed E-state index contributed by atoms with van der Waals surface area (Å²) in [6, 6.07) is 6.08. The van der Waals surface area contributed by atoms with Crippen molar-refractivity contribution in [2.75, 3.05) is 13.1 Å². The number of carbonyl (C=O) groups excluding carboxylic acids is 2. The summed E-state index contributed by atoms with van der Waals surface area (Å²) in [6.07, 6.45) is -3.37. The zero-order valence-electron chi connectivity index (χ0n) is 26.3. The fourth-order valence-corrected chi connectivity index (χ4v) is 5.94. The fourth-order valence-electron chi connectivity index (χ4n) is 5.94. The molecule has 1 saturated carbocycles. The van der Waals surface area contributed by atoms with Gasteiger partial charge in [-0.05, 0) is 43.7 Å². The Labute approximate surface area is 269 Å². The lowest BCUT2D eigenvalue weighted by molar-refractivity contribution is -0.123. The van der Waals surface area contributed by atoms with Gasteiger partial charge < -0.3 is 26.1 Å². The van der Waals surface area contributed by atoms with Gasteiger partial charge >= 0.3 is 6.18 Å². The van der Waals surface area contributed by atoms with Crippen LogP contribution >= 0.6 is 0 Å². The van der Waals surface area contributed by atoms with Gasteiger partial charge in [-0.1, -0.05) is 31.2 Å². The number of phenolic OH excluding ortho intramolecular Hbond substituents is 1. The second-order valence-electron chi connectivity index (χ2n) is 12.3. The van der Waals surface area contributed by atoms with Crippen LogP contribution in [0.1, 0.15) is 52.9 Å². The van der Waals surface area contributed by atoms with Crippen molar-refractivity contribution in [1.82, 2.24) is 10.2 Å². The van der Waals surface area contributed by atoms with Crippen LogP contribution in [-0.2, 0) is 9.59 Å². The van der Waals surface area contributed by atoms with Gasteiger partial charge in [-0.15, -0.1) is 0 Å². The molecule has 3 atom stereocenters. The van der Waals surface area contributed by atoms with Crippen molar-refractivity contribution in [2.45, 2.75) is 65.0 Å². The zero-order chi connectivity index (χ0) is 34.8. The molecule has 9 nitrogen and oxygen atoms in total. The van der Waals surface area contributed by atoms with Crippen molar-refractivity contribution in [3.05, 3.63) is 59.6 Å². The number of allylic oxidation sites excluding steroid dienone is 3. The molecule has 3 unspecified atom stereocenters. The third-order valence-corrected chi connectivity index (χ3v) is 8.44. The van der Waals surface area contributed by atoms with Gasteiger partial charge in [0.15, 0.2) is 5.78 Å². The second-order valence-corrected chi connectivity index (χ2v) is 12.3. The van der Waals surface area contributed by atoms with E-state index in [1.807, 2.05) is 0 Å². The number of aromatic hydroxyl groups is 1. The van der Waals surface area contributed by atoms with Crippen LogP contribution in [0.5, 0.6) is 5.75 Å². The highest BCUT2D eigenvalue weighted by molar-refractivity contribution is 6.44. The number of para-hydroxylation sites is 2. The van der Waals surface area contributed by atoms with Crippen LogP contribution < -0.4 is 5.32 Å². The fraction of sp³-hybridized carbons (Fsp3) is 0.455. The van der Waals surface area contributed by atoms with E-state index in [1.165, 1.54) is 18.3 Å². The molecule has 1 fully saturated rings. The Balaban J connectivity index is 1.58. The van der Waals surface area contributed by atoms with Gasteiger partial charge in [0.05, 0.1) is 18.0 Å². The van der Waals surface area contributed by atoms with Crippen molar-refractivity contribution in [3.63, 3.8) is 0 Å². The van der Waals surface area contributed by atoms with Crippen LogP contribution in [0, 0.1) is 28.6 Å². The van der Waals surface area contributed by atoms with Gasteiger partial charge in [-0.2, -0.15) is 13.2 Å². The predicted octanol–water partition coefficient (Wildman–Crippen LogP) is 6.68. The third kappa shape index (κ3) is 8.66. The SMILES string of the molecule is C=C(NC(=O)C1=C(C2CC2C(=O)C(CC(=N)CN2CCC(C(C)(F)F)=NC=C2C)=Nc2ccccc2O)C(C)CC(=N)C1)C(F)(F)F. The zero-order valence-corrected chi connectivity index (χ0v) is 26.3. The highest BCUT2D eigenvalue weighted by Crippen LogP contribution is 2.51. The Morgan fingerprint density at radius 2 is 1.89 bits per heavy atom. The average molecular weight is 661 g/mol. The molecular weight excluding hydrogens is 623 g/mol. The minimum Gasteiger partial charge on any atom is -0.506 e. The molecule has 252 valence electrons. The molecule has 0 bridgehead atoms. The number of alkyl halides is 5. The van der Waals surface area contributed by atoms with Crippen LogP contribution in [0.3, 0.4) is 0 Å². The van der Waals surface area contributed by atoms with Gasteiger partial charge in [-0.25, -0.2) is 13.8 Å². The molecule has 1 aromatic carbocycles. The molecule has 0 spiro atoms. The van der Waals surface area contributed by atoms with E-state index in [2.05, 4.69) is 16.6 Å². The van der Waals surface area contributed by atoms with Crippen molar-refractivity contribution < 1.29 is 36.6 Å². The number of aliphatic imine (C=N–C) groups is 2. The molecule has 3 aliphatic rings. The number of carbonyl (C=O) groups is 2. The van der Waals surface area contributed by atoms with Gasteiger partial charge in [0.1, 0.15) is 17.1 Å². The number of hydrogen-bond acceptors (Lipinski definition) is 8. The topological polar surface area (TPSA) is 142 Å². The van der Waals surface area contributed by atoms with E-state index in [0.717, 1.165) is 6.92 Å². The average Bonchev–Trinajstić information content (AvgIpc) is 3.77. The number of amides is 1. The van der Waals surface area contributed by atoms with Crippen LogP contribution in [0.4, 0.5) is 27.6 Å². The molecule has 47 heavy (non-hydrogen) atoms. The number of Topliss-reactive ketones (excluding diaryl/α,β-unsaturated/α-hetero) is 1. The maximum atomic E-state index is 14.0. The number of nitrogens with zero attached hydrogens (tertiary/aromatic N) is 3. The van der Waals surface area contributed by atoms with E-state index in [0.29, 0.717) is 11.3 Å². The van der Waals surface area contributed by atoms with E-state index >= 15 is 0 Å². The number of halogens is 5. The van der Waals surface area contributed by atoms with Crippen LogP contribution in [0.15, 0.2) is 69.6 Å². The van der Waals surface area contributed by atoms with Crippen molar-refractivity contribution in [2.24, 2.45) is 27.7 Å². The quantitative estimate of drug-likeness (QED) is 0.155. The van der Waals surface area contributed by atoms with E-state index in [-0.39, 0.29) is 91.0 Å². The van der Waals surface area contributed by atoms with Crippen molar-refractivity contribution in [1.29, 1.82) is 10.8 Å². The first-order valence-electron chi connectivity index (χ1n) is 15.1. The summed E-state index contributed by atoms with van der Waals surface area (Å²) in [6.45, 7) is 7.28. The van der Waals surface area contributed by atoms with Crippen molar-refractivity contribution >= 4 is 40.2 Å². The van der Waals surface area contributed by atoms with Crippen LogP contribution in [-0.4, -0.2) is 69.7 Å². The molecule has 0 radical (unpaired) electrons. The molecule has 0 aromatic heterocycles. The van der Waals surface area contributed by atoms with Crippen LogP contribution in [0.2, 0.25) is 0 Å². The highest BCUT2D eigenvalue weighted by atomic mass is 19.4. The molecule has 4 rings (SSSR count). The van der Waals surface area contributed by atoms with Crippen LogP contribution in [0.25, 0.3) is 0 Å². The lowest BCUT2D eigenvalue weighted by atomic mass is 9.79. The van der Waals surface area contributed by atoms with Gasteiger partial charge in [0.25, 0.3) is 11.8 Å². The minimum absolute atomic E-state index is 0.000698. The largest absolute Gasteiger partial charge is 0.506 e. The molecule has 1 amide bonds. The number of phenols is 1. The summed E-state index contributed by atoms with van der Waals surface area (Å²) in [7, 11) is 0. The summed E-state index contributed by atoms with van der Waals surface area (Å²) < 4.78 is 67.1. The summed E-state index contributed by atoms with van der Waals surface area (Å²) in [5.41, 5.74) is -0.338. The molecular formula is C33H37F5N6O3. The van der Waals surface area contributed by atoms with E-state index in [9.17, 15) is 36.6 Å².